The van der Waals surface area contributed by atoms with Crippen molar-refractivity contribution in [1.29, 1.82) is 0 Å². The molecule has 6 heteroatoms. The first kappa shape index (κ1) is 33.0. The summed E-state index contributed by atoms with van der Waals surface area (Å²) in [4.78, 5) is 0. The van der Waals surface area contributed by atoms with E-state index in [9.17, 15) is 0 Å². The van der Waals surface area contributed by atoms with E-state index >= 15 is 0 Å². The molecule has 0 bridgehead atoms. The first-order valence-corrected chi connectivity index (χ1v) is 20.7. The van der Waals surface area contributed by atoms with Gasteiger partial charge in [-0.2, -0.15) is 0 Å². The molecule has 0 aromatic heterocycles. The van der Waals surface area contributed by atoms with Crippen LogP contribution in [-0.4, -0.2) is 28.6 Å². The van der Waals surface area contributed by atoms with Gasteiger partial charge in [-0.25, -0.2) is 0 Å². The van der Waals surface area contributed by atoms with Crippen LogP contribution in [0.2, 0.25) is 18.1 Å². The van der Waals surface area contributed by atoms with E-state index in [0.717, 1.165) is 18.3 Å². The van der Waals surface area contributed by atoms with Crippen molar-refractivity contribution in [3.8, 4) is 0 Å². The molecule has 9 unspecified atom stereocenters. The first-order valence-electron chi connectivity index (χ1n) is 16.7. The molecule has 4 nitrogen and oxygen atoms in total. The molecule has 0 amide bonds. The summed E-state index contributed by atoms with van der Waals surface area (Å²) < 4.78 is 25.1. The van der Waals surface area contributed by atoms with Crippen LogP contribution in [0.15, 0.2) is 11.8 Å². The summed E-state index contributed by atoms with van der Waals surface area (Å²) in [5.74, 6) is 5.20. The Morgan fingerprint density at radius 3 is 2.25 bits per heavy atom. The van der Waals surface area contributed by atoms with E-state index in [1.807, 2.05) is 0 Å². The van der Waals surface area contributed by atoms with Crippen LogP contribution in [0.3, 0.4) is 0 Å². The lowest BCUT2D eigenvalue weighted by Crippen LogP contribution is -2.55. The van der Waals surface area contributed by atoms with E-state index in [0.29, 0.717) is 40.6 Å². The van der Waals surface area contributed by atoms with Crippen molar-refractivity contribution in [2.75, 3.05) is 14.2 Å². The second kappa shape index (κ2) is 12.6. The van der Waals surface area contributed by atoms with Crippen LogP contribution < -0.4 is 0 Å². The molecule has 232 valence electrons. The van der Waals surface area contributed by atoms with Crippen molar-refractivity contribution < 1.29 is 18.0 Å². The normalized spacial score (nSPS) is 38.9. The van der Waals surface area contributed by atoms with Gasteiger partial charge in [0.1, 0.15) is 5.76 Å². The molecule has 4 rings (SSSR count). The van der Waals surface area contributed by atoms with Crippen LogP contribution in [0.4, 0.5) is 0 Å². The lowest BCUT2D eigenvalue weighted by Gasteiger charge is -2.60. The Morgan fingerprint density at radius 1 is 0.975 bits per heavy atom. The molecule has 0 spiro atoms. The third kappa shape index (κ3) is 6.17. The van der Waals surface area contributed by atoms with Crippen molar-refractivity contribution in [2.24, 2.45) is 46.3 Å². The van der Waals surface area contributed by atoms with Gasteiger partial charge in [0.25, 0.3) is 0 Å². The fourth-order valence-corrected chi connectivity index (χ4v) is 11.6. The lowest BCUT2D eigenvalue weighted by molar-refractivity contribution is -0.0953. The molecule has 3 saturated carbocycles. The lowest BCUT2D eigenvalue weighted by atomic mass is 9.46. The molecule has 0 N–H and O–H groups in total. The molecule has 0 aromatic rings. The highest BCUT2D eigenvalue weighted by Crippen LogP contribution is 2.69. The molecule has 0 aliphatic heterocycles. The first-order chi connectivity index (χ1) is 18.7. The largest absolute Gasteiger partial charge is 0.431 e. The highest BCUT2D eigenvalue weighted by molar-refractivity contribution is 7.41. The van der Waals surface area contributed by atoms with E-state index in [4.69, 9.17) is 18.0 Å². The van der Waals surface area contributed by atoms with Crippen molar-refractivity contribution in [3.63, 3.8) is 0 Å². The van der Waals surface area contributed by atoms with E-state index in [1.54, 1.807) is 14.2 Å². The van der Waals surface area contributed by atoms with Gasteiger partial charge in [0.05, 0.1) is 0 Å². The summed E-state index contributed by atoms with van der Waals surface area (Å²) >= 11 is 0. The smallest absolute Gasteiger partial charge is 0.396 e. The summed E-state index contributed by atoms with van der Waals surface area (Å²) in [6.45, 7) is 22.1. The van der Waals surface area contributed by atoms with Gasteiger partial charge in [0, 0.05) is 26.2 Å². The van der Waals surface area contributed by atoms with Crippen molar-refractivity contribution in [2.45, 2.75) is 143 Å². The number of fused-ring (bicyclic) bond motifs is 5. The third-order valence-corrected chi connectivity index (χ3v) is 18.4. The fraction of sp³-hybridized carbons (Fsp3) is 0.941. The number of hydrogen-bond acceptors (Lipinski definition) is 4. The molecule has 4 aliphatic carbocycles. The van der Waals surface area contributed by atoms with Gasteiger partial charge in [-0.05, 0) is 110 Å². The van der Waals surface area contributed by atoms with Crippen LogP contribution in [0, 0.1) is 46.3 Å². The van der Waals surface area contributed by atoms with Crippen LogP contribution >= 0.6 is 8.60 Å². The van der Waals surface area contributed by atoms with Crippen LogP contribution in [0.5, 0.6) is 0 Å². The maximum atomic E-state index is 7.02. The van der Waals surface area contributed by atoms with E-state index in [2.05, 4.69) is 67.6 Å². The third-order valence-electron chi connectivity index (χ3n) is 12.9. The molecular formula is C34H63O4PSi. The molecule has 3 fully saturated rings. The van der Waals surface area contributed by atoms with Crippen molar-refractivity contribution in [1.82, 2.24) is 0 Å². The highest BCUT2D eigenvalue weighted by Gasteiger charge is 2.62. The molecule has 9 atom stereocenters. The van der Waals surface area contributed by atoms with Crippen LogP contribution in [-0.2, 0) is 18.0 Å². The average molecular weight is 595 g/mol. The quantitative estimate of drug-likeness (QED) is 0.135. The maximum Gasteiger partial charge on any atom is 0.396 e. The Bertz CT molecular complexity index is 882. The molecular weight excluding hydrogens is 531 g/mol. The van der Waals surface area contributed by atoms with Crippen molar-refractivity contribution >= 4 is 16.9 Å². The Balaban J connectivity index is 1.63. The number of rotatable bonds is 11. The zero-order valence-corrected chi connectivity index (χ0v) is 29.9. The monoisotopic (exact) mass is 594 g/mol. The molecule has 0 radical (unpaired) electrons. The minimum atomic E-state index is -1.81. The summed E-state index contributed by atoms with van der Waals surface area (Å²) in [6, 6.07) is 0. The van der Waals surface area contributed by atoms with Gasteiger partial charge in [-0.3, -0.25) is 0 Å². The summed E-state index contributed by atoms with van der Waals surface area (Å²) in [5, 5.41) is 0.239. The fourth-order valence-electron chi connectivity index (χ4n) is 9.55. The molecule has 0 heterocycles. The highest BCUT2D eigenvalue weighted by atomic mass is 31.2. The second-order valence-electron chi connectivity index (χ2n) is 16.1. The van der Waals surface area contributed by atoms with Crippen LogP contribution in [0.1, 0.15) is 119 Å². The molecule has 40 heavy (non-hydrogen) atoms. The Kier molecular flexibility index (Phi) is 10.4. The van der Waals surface area contributed by atoms with Gasteiger partial charge in [-0.1, -0.05) is 74.1 Å². The Labute approximate surface area is 250 Å². The summed E-state index contributed by atoms with van der Waals surface area (Å²) in [6.07, 6.45) is 17.4. The molecule has 0 aromatic carbocycles. The van der Waals surface area contributed by atoms with Gasteiger partial charge < -0.3 is 18.0 Å². The van der Waals surface area contributed by atoms with Crippen molar-refractivity contribution in [3.05, 3.63) is 11.8 Å². The Morgan fingerprint density at radius 2 is 1.62 bits per heavy atom. The SMILES string of the molecule is CCCCCC(C)C1CCC2C3C(OP(OC)OC)=CC4CC(O[Si](C)(C)C(C)(C)C)CCC4(C)C3CCC12C. The standard InChI is InChI=1S/C34H63O4PSi/c1-12-13-14-15-24(2)27-16-17-28-31-29(19-21-34(27,28)7)33(6)20-18-26(38-40(10,11)32(3,4)5)22-25(33)23-30(31)37-39(35-8)36-9/h23-29,31H,12-22H2,1-11H3. The summed E-state index contributed by atoms with van der Waals surface area (Å²) in [7, 11) is 0.270. The average Bonchev–Trinajstić information content (AvgIpc) is 3.24. The predicted molar refractivity (Wildman–Crippen MR) is 171 cm³/mol. The number of unbranched alkanes of at least 4 members (excludes halogenated alkanes) is 2. The van der Waals surface area contributed by atoms with Gasteiger partial charge in [0.15, 0.2) is 8.32 Å². The van der Waals surface area contributed by atoms with Crippen LogP contribution in [0.25, 0.3) is 0 Å². The van der Waals surface area contributed by atoms with Gasteiger partial charge in [-0.15, -0.1) is 0 Å². The summed E-state index contributed by atoms with van der Waals surface area (Å²) in [5.41, 5.74) is 0.726. The topological polar surface area (TPSA) is 36.9 Å². The van der Waals surface area contributed by atoms with E-state index in [-0.39, 0.29) is 5.04 Å². The number of allylic oxidation sites excluding steroid dienone is 2. The Hall–Kier alpha value is 0.0669. The minimum Gasteiger partial charge on any atom is -0.431 e. The molecule has 0 saturated heterocycles. The second-order valence-corrected chi connectivity index (χ2v) is 22.2. The molecule has 4 aliphatic rings. The minimum absolute atomic E-state index is 0.239. The zero-order chi connectivity index (χ0) is 29.5. The zero-order valence-electron chi connectivity index (χ0n) is 28.0. The van der Waals surface area contributed by atoms with Gasteiger partial charge >= 0.3 is 8.60 Å². The number of hydrogen-bond donors (Lipinski definition) is 0. The maximum absolute atomic E-state index is 7.02. The van der Waals surface area contributed by atoms with E-state index < -0.39 is 16.9 Å². The predicted octanol–water partition coefficient (Wildman–Crippen LogP) is 10.9. The van der Waals surface area contributed by atoms with Gasteiger partial charge in [0.2, 0.25) is 0 Å². The van der Waals surface area contributed by atoms with E-state index in [1.165, 1.54) is 70.0 Å².